The summed E-state index contributed by atoms with van der Waals surface area (Å²) in [4.78, 5) is 0. The minimum Gasteiger partial charge on any atom is -0.352 e. The average molecular weight is 683 g/mol. The maximum absolute atomic E-state index is 15.7. The first kappa shape index (κ1) is 38.4. The van der Waals surface area contributed by atoms with Gasteiger partial charge in [-0.2, -0.15) is 0 Å². The minimum absolute atomic E-state index is 0.137. The summed E-state index contributed by atoms with van der Waals surface area (Å²) in [5, 5.41) is 0. The van der Waals surface area contributed by atoms with Crippen molar-refractivity contribution in [3.05, 3.63) is 59.7 Å². The molecule has 274 valence electrons. The van der Waals surface area contributed by atoms with Crippen LogP contribution < -0.4 is 0 Å². The van der Waals surface area contributed by atoms with Crippen LogP contribution in [0.25, 0.3) is 11.1 Å². The quantitative estimate of drug-likeness (QED) is 0.156. The smallest absolute Gasteiger partial charge is 0.187 e. The van der Waals surface area contributed by atoms with Crippen LogP contribution in [0.5, 0.6) is 0 Å². The third-order valence-electron chi connectivity index (χ3n) is 12.1. The van der Waals surface area contributed by atoms with Crippen molar-refractivity contribution in [2.75, 3.05) is 13.2 Å². The van der Waals surface area contributed by atoms with Crippen molar-refractivity contribution in [1.29, 1.82) is 0 Å². The van der Waals surface area contributed by atoms with Gasteiger partial charge >= 0.3 is 0 Å². The summed E-state index contributed by atoms with van der Waals surface area (Å²) in [6, 6.07) is 12.4. The van der Waals surface area contributed by atoms with Crippen molar-refractivity contribution >= 4 is 0 Å². The zero-order chi connectivity index (χ0) is 34.6. The molecule has 2 aromatic carbocycles. The molecule has 0 bridgehead atoms. The van der Waals surface area contributed by atoms with Gasteiger partial charge < -0.3 is 18.9 Å². The van der Waals surface area contributed by atoms with Crippen LogP contribution in [0.1, 0.15) is 149 Å². The van der Waals surface area contributed by atoms with Crippen LogP contribution in [0.4, 0.5) is 8.78 Å². The fourth-order valence-corrected chi connectivity index (χ4v) is 8.70. The Morgan fingerprint density at radius 2 is 1.37 bits per heavy atom. The summed E-state index contributed by atoms with van der Waals surface area (Å²) < 4.78 is 57.2. The van der Waals surface area contributed by atoms with E-state index in [9.17, 15) is 0 Å². The van der Waals surface area contributed by atoms with Gasteiger partial charge in [0.15, 0.2) is 24.2 Å². The molecule has 2 aromatic rings. The van der Waals surface area contributed by atoms with Crippen molar-refractivity contribution in [2.24, 2.45) is 23.7 Å². The molecule has 0 spiro atoms. The molecule has 6 atom stereocenters. The molecule has 0 aromatic heterocycles. The monoisotopic (exact) mass is 682 g/mol. The molecule has 2 aliphatic heterocycles. The van der Waals surface area contributed by atoms with Crippen molar-refractivity contribution in [3.8, 4) is 11.1 Å². The Kier molecular flexibility index (Phi) is 15.0. The number of benzene rings is 2. The first-order valence-corrected chi connectivity index (χ1v) is 19.9. The first-order valence-electron chi connectivity index (χ1n) is 19.9. The molecule has 1 saturated carbocycles. The molecule has 6 heteroatoms. The van der Waals surface area contributed by atoms with E-state index in [1.165, 1.54) is 70.6 Å². The third-order valence-corrected chi connectivity index (χ3v) is 12.1. The summed E-state index contributed by atoms with van der Waals surface area (Å²) in [5.41, 5.74) is 0.545. The number of rotatable bonds is 17. The van der Waals surface area contributed by atoms with E-state index in [0.717, 1.165) is 45.1 Å². The molecular weight excluding hydrogens is 618 g/mol. The zero-order valence-electron chi connectivity index (χ0n) is 30.9. The van der Waals surface area contributed by atoms with Crippen molar-refractivity contribution < 1.29 is 27.7 Å². The van der Waals surface area contributed by atoms with Crippen molar-refractivity contribution in [3.63, 3.8) is 0 Å². The Bertz CT molecular complexity index is 1250. The Morgan fingerprint density at radius 3 is 2.04 bits per heavy atom. The molecule has 2 heterocycles. The summed E-state index contributed by atoms with van der Waals surface area (Å²) in [7, 11) is 0. The minimum atomic E-state index is -0.937. The van der Waals surface area contributed by atoms with Gasteiger partial charge in [-0.25, -0.2) is 8.78 Å². The number of unbranched alkanes of at least 4 members (excludes halogenated alkanes) is 9. The summed E-state index contributed by atoms with van der Waals surface area (Å²) in [6.45, 7) is 10.2. The maximum Gasteiger partial charge on any atom is 0.187 e. The highest BCUT2D eigenvalue weighted by molar-refractivity contribution is 5.64. The van der Waals surface area contributed by atoms with Crippen LogP contribution in [0.3, 0.4) is 0 Å². The standard InChI is InChI=1S/C43H64F2O4/c1-5-7-9-11-13-15-21-34-29-46-41(48-31(34)3)33-23-25-35(26-24-33)43(4)36(22-18-12-10-8-6-2)30-47-42(49-43)38-28-27-37(39(44)40(38)45)32-19-16-14-17-20-32/h14,16-17,19-20,27-28,31,33-36,41-42H,5-13,15,18,21-26,29-30H2,1-4H3. The van der Waals surface area contributed by atoms with Gasteiger partial charge in [0.25, 0.3) is 0 Å². The zero-order valence-corrected chi connectivity index (χ0v) is 30.9. The molecule has 0 amide bonds. The Hall–Kier alpha value is -1.86. The lowest BCUT2D eigenvalue weighted by Crippen LogP contribution is -2.53. The lowest BCUT2D eigenvalue weighted by molar-refractivity contribution is -0.305. The molecule has 49 heavy (non-hydrogen) atoms. The Balaban J connectivity index is 1.21. The van der Waals surface area contributed by atoms with Crippen LogP contribution in [-0.4, -0.2) is 31.2 Å². The first-order chi connectivity index (χ1) is 23.9. The number of hydrogen-bond acceptors (Lipinski definition) is 4. The summed E-state index contributed by atoms with van der Waals surface area (Å²) >= 11 is 0. The third kappa shape index (κ3) is 9.93. The molecule has 3 aliphatic rings. The highest BCUT2D eigenvalue weighted by Gasteiger charge is 2.50. The second-order valence-electron chi connectivity index (χ2n) is 15.5. The van der Waals surface area contributed by atoms with E-state index in [1.54, 1.807) is 24.3 Å². The van der Waals surface area contributed by atoms with Gasteiger partial charge in [-0.15, -0.1) is 0 Å². The second-order valence-corrected chi connectivity index (χ2v) is 15.5. The van der Waals surface area contributed by atoms with E-state index >= 15 is 8.78 Å². The van der Waals surface area contributed by atoms with Crippen molar-refractivity contribution in [2.45, 2.75) is 161 Å². The van der Waals surface area contributed by atoms with Gasteiger partial charge in [0, 0.05) is 28.9 Å². The predicted molar refractivity (Wildman–Crippen MR) is 194 cm³/mol. The van der Waals surface area contributed by atoms with Crippen LogP contribution in [0, 0.1) is 35.3 Å². The molecule has 0 radical (unpaired) electrons. The molecule has 4 nitrogen and oxygen atoms in total. The SMILES string of the molecule is CCCCCCCCC1COC(C2CCC(C3(C)OC(c4ccc(-c5ccccc5)c(F)c4F)OCC3CCCCCCC)CC2)OC1C. The summed E-state index contributed by atoms with van der Waals surface area (Å²) in [5.74, 6) is -0.382. The van der Waals surface area contributed by atoms with Gasteiger partial charge in [-0.1, -0.05) is 127 Å². The molecule has 2 saturated heterocycles. The lowest BCUT2D eigenvalue weighted by atomic mass is 9.67. The average Bonchev–Trinajstić information content (AvgIpc) is 3.12. The highest BCUT2D eigenvalue weighted by Crippen LogP contribution is 2.50. The van der Waals surface area contributed by atoms with E-state index in [2.05, 4.69) is 27.7 Å². The van der Waals surface area contributed by atoms with E-state index in [-0.39, 0.29) is 29.4 Å². The maximum atomic E-state index is 15.7. The fourth-order valence-electron chi connectivity index (χ4n) is 8.70. The summed E-state index contributed by atoms with van der Waals surface area (Å²) in [6.07, 6.45) is 19.3. The number of hydrogen-bond donors (Lipinski definition) is 0. The molecule has 3 fully saturated rings. The second kappa shape index (κ2) is 19.1. The van der Waals surface area contributed by atoms with Crippen LogP contribution >= 0.6 is 0 Å². The van der Waals surface area contributed by atoms with E-state index in [1.807, 2.05) is 18.2 Å². The molecular formula is C43H64F2O4. The van der Waals surface area contributed by atoms with Gasteiger partial charge in [0.2, 0.25) is 0 Å². The van der Waals surface area contributed by atoms with Crippen molar-refractivity contribution in [1.82, 2.24) is 0 Å². The highest BCUT2D eigenvalue weighted by atomic mass is 19.2. The van der Waals surface area contributed by atoms with E-state index in [0.29, 0.717) is 29.9 Å². The number of halogens is 2. The largest absolute Gasteiger partial charge is 0.352 e. The van der Waals surface area contributed by atoms with Gasteiger partial charge in [-0.05, 0) is 63.9 Å². The van der Waals surface area contributed by atoms with Crippen LogP contribution in [-0.2, 0) is 18.9 Å². The Morgan fingerprint density at radius 1 is 0.714 bits per heavy atom. The molecule has 0 N–H and O–H groups in total. The lowest BCUT2D eigenvalue weighted by Gasteiger charge is -2.51. The van der Waals surface area contributed by atoms with Gasteiger partial charge in [-0.3, -0.25) is 0 Å². The van der Waals surface area contributed by atoms with Gasteiger partial charge in [0.1, 0.15) is 0 Å². The van der Waals surface area contributed by atoms with E-state index < -0.39 is 23.5 Å². The molecule has 6 unspecified atom stereocenters. The fraction of sp³-hybridized carbons (Fsp3) is 0.721. The normalized spacial score (nSPS) is 30.8. The van der Waals surface area contributed by atoms with Gasteiger partial charge in [0.05, 0.1) is 24.9 Å². The van der Waals surface area contributed by atoms with Crippen LogP contribution in [0.15, 0.2) is 42.5 Å². The molecule has 5 rings (SSSR count). The number of ether oxygens (including phenoxy) is 4. The van der Waals surface area contributed by atoms with E-state index in [4.69, 9.17) is 18.9 Å². The Labute approximate surface area is 296 Å². The predicted octanol–water partition coefficient (Wildman–Crippen LogP) is 12.3. The molecule has 1 aliphatic carbocycles. The topological polar surface area (TPSA) is 36.9 Å². The van der Waals surface area contributed by atoms with Crippen LogP contribution in [0.2, 0.25) is 0 Å².